The maximum absolute atomic E-state index is 3.65. The summed E-state index contributed by atoms with van der Waals surface area (Å²) in [5.41, 5.74) is 2.52. The number of rotatable bonds is 3. The van der Waals surface area contributed by atoms with Crippen molar-refractivity contribution in [3.63, 3.8) is 0 Å². The highest BCUT2D eigenvalue weighted by atomic mass is 79.9. The summed E-state index contributed by atoms with van der Waals surface area (Å²) in [5, 5.41) is 0. The molecule has 1 atom stereocenters. The number of allylic oxidation sites excluding steroid dienone is 1. The minimum atomic E-state index is 0.382. The molecular weight excluding hydrogens is 352 g/mol. The Labute approximate surface area is 125 Å². The van der Waals surface area contributed by atoms with Crippen molar-refractivity contribution < 1.29 is 0 Å². The van der Waals surface area contributed by atoms with Gasteiger partial charge in [-0.3, -0.25) is 0 Å². The standard InChI is InChI=1S/C16H14Br2/c1-12(13-7-9-15(17)10-8-13)11-16(18)14-5-3-2-4-6-14/h2-12H,1H3/b16-11+. The van der Waals surface area contributed by atoms with Gasteiger partial charge in [0.1, 0.15) is 0 Å². The third-order valence-electron chi connectivity index (χ3n) is 2.84. The van der Waals surface area contributed by atoms with E-state index in [1.807, 2.05) is 6.07 Å². The molecule has 0 saturated carbocycles. The normalized spacial score (nSPS) is 13.4. The summed E-state index contributed by atoms with van der Waals surface area (Å²) in [5.74, 6) is 0.382. The molecule has 0 aliphatic rings. The van der Waals surface area contributed by atoms with Crippen LogP contribution in [0.25, 0.3) is 4.48 Å². The molecule has 0 fully saturated rings. The predicted octanol–water partition coefficient (Wildman–Crippen LogP) is 5.99. The van der Waals surface area contributed by atoms with Crippen LogP contribution in [0.5, 0.6) is 0 Å². The maximum Gasteiger partial charge on any atom is 0.0213 e. The van der Waals surface area contributed by atoms with Crippen LogP contribution in [0, 0.1) is 0 Å². The average Bonchev–Trinajstić information content (AvgIpc) is 2.40. The van der Waals surface area contributed by atoms with E-state index < -0.39 is 0 Å². The summed E-state index contributed by atoms with van der Waals surface area (Å²) in [6.45, 7) is 2.20. The summed E-state index contributed by atoms with van der Waals surface area (Å²) in [7, 11) is 0. The van der Waals surface area contributed by atoms with Crippen LogP contribution >= 0.6 is 31.9 Å². The van der Waals surface area contributed by atoms with Crippen LogP contribution in [0.15, 0.2) is 65.1 Å². The van der Waals surface area contributed by atoms with Crippen molar-refractivity contribution in [3.05, 3.63) is 76.3 Å². The monoisotopic (exact) mass is 364 g/mol. The summed E-state index contributed by atoms with van der Waals surface area (Å²) in [6.07, 6.45) is 2.23. The average molecular weight is 366 g/mol. The van der Waals surface area contributed by atoms with E-state index in [1.165, 1.54) is 11.1 Å². The molecule has 0 spiro atoms. The SMILES string of the molecule is CC(/C=C(/Br)c1ccccc1)c1ccc(Br)cc1. The van der Waals surface area contributed by atoms with Crippen LogP contribution in [0.3, 0.4) is 0 Å². The summed E-state index contributed by atoms with van der Waals surface area (Å²) >= 11 is 7.11. The second-order valence-electron chi connectivity index (χ2n) is 4.22. The minimum absolute atomic E-state index is 0.382. The lowest BCUT2D eigenvalue weighted by Crippen LogP contribution is -1.89. The Balaban J connectivity index is 2.20. The molecule has 0 bridgehead atoms. The van der Waals surface area contributed by atoms with Crippen molar-refractivity contribution >= 4 is 36.3 Å². The van der Waals surface area contributed by atoms with Crippen LogP contribution in [0.1, 0.15) is 24.0 Å². The topological polar surface area (TPSA) is 0 Å². The van der Waals surface area contributed by atoms with E-state index in [4.69, 9.17) is 0 Å². The van der Waals surface area contributed by atoms with Gasteiger partial charge in [-0.15, -0.1) is 0 Å². The summed E-state index contributed by atoms with van der Waals surface area (Å²) in [6, 6.07) is 18.8. The zero-order chi connectivity index (χ0) is 13.0. The van der Waals surface area contributed by atoms with E-state index in [0.717, 1.165) is 8.96 Å². The van der Waals surface area contributed by atoms with Crippen molar-refractivity contribution in [1.29, 1.82) is 0 Å². The van der Waals surface area contributed by atoms with Gasteiger partial charge in [0.2, 0.25) is 0 Å². The molecule has 92 valence electrons. The van der Waals surface area contributed by atoms with Crippen molar-refractivity contribution in [2.75, 3.05) is 0 Å². The second kappa shape index (κ2) is 6.35. The maximum atomic E-state index is 3.65. The molecule has 0 nitrogen and oxygen atoms in total. The number of halogens is 2. The Morgan fingerprint density at radius 1 is 1.00 bits per heavy atom. The Hall–Kier alpha value is -0.860. The third-order valence-corrected chi connectivity index (χ3v) is 4.09. The van der Waals surface area contributed by atoms with E-state index in [2.05, 4.69) is 93.4 Å². The first-order chi connectivity index (χ1) is 8.66. The van der Waals surface area contributed by atoms with E-state index >= 15 is 0 Å². The van der Waals surface area contributed by atoms with Gasteiger partial charge in [-0.1, -0.05) is 87.3 Å². The molecule has 0 aromatic heterocycles. The summed E-state index contributed by atoms with van der Waals surface area (Å²) < 4.78 is 2.25. The molecule has 0 saturated heterocycles. The van der Waals surface area contributed by atoms with Gasteiger partial charge in [0, 0.05) is 14.9 Å². The number of hydrogen-bond acceptors (Lipinski definition) is 0. The highest BCUT2D eigenvalue weighted by Gasteiger charge is 2.04. The lowest BCUT2D eigenvalue weighted by molar-refractivity contribution is 0.971. The first-order valence-corrected chi connectivity index (χ1v) is 7.43. The van der Waals surface area contributed by atoms with Gasteiger partial charge in [0.25, 0.3) is 0 Å². The molecule has 18 heavy (non-hydrogen) atoms. The van der Waals surface area contributed by atoms with Gasteiger partial charge >= 0.3 is 0 Å². The van der Waals surface area contributed by atoms with Crippen LogP contribution in [0.2, 0.25) is 0 Å². The molecule has 0 radical (unpaired) electrons. The predicted molar refractivity (Wildman–Crippen MR) is 85.9 cm³/mol. The molecule has 2 aromatic rings. The van der Waals surface area contributed by atoms with Gasteiger partial charge in [-0.05, 0) is 23.3 Å². The summed E-state index contributed by atoms with van der Waals surface area (Å²) in [4.78, 5) is 0. The van der Waals surface area contributed by atoms with Crippen LogP contribution in [-0.4, -0.2) is 0 Å². The highest BCUT2D eigenvalue weighted by Crippen LogP contribution is 2.27. The largest absolute Gasteiger partial charge is 0.0624 e. The molecule has 2 heteroatoms. The van der Waals surface area contributed by atoms with Gasteiger partial charge in [0.05, 0.1) is 0 Å². The smallest absolute Gasteiger partial charge is 0.0213 e. The highest BCUT2D eigenvalue weighted by molar-refractivity contribution is 9.15. The van der Waals surface area contributed by atoms with Crippen molar-refractivity contribution in [2.45, 2.75) is 12.8 Å². The third kappa shape index (κ3) is 3.56. The second-order valence-corrected chi connectivity index (χ2v) is 5.99. The Morgan fingerprint density at radius 3 is 2.22 bits per heavy atom. The van der Waals surface area contributed by atoms with Crippen LogP contribution < -0.4 is 0 Å². The molecule has 0 heterocycles. The quantitative estimate of drug-likeness (QED) is 0.626. The van der Waals surface area contributed by atoms with Crippen molar-refractivity contribution in [1.82, 2.24) is 0 Å². The fourth-order valence-corrected chi connectivity index (χ4v) is 2.70. The Kier molecular flexibility index (Phi) is 4.79. The minimum Gasteiger partial charge on any atom is -0.0624 e. The number of hydrogen-bond donors (Lipinski definition) is 0. The van der Waals surface area contributed by atoms with Gasteiger partial charge in [-0.2, -0.15) is 0 Å². The van der Waals surface area contributed by atoms with Crippen molar-refractivity contribution in [3.8, 4) is 0 Å². The molecule has 2 rings (SSSR count). The fourth-order valence-electron chi connectivity index (χ4n) is 1.78. The molecule has 1 unspecified atom stereocenters. The van der Waals surface area contributed by atoms with Gasteiger partial charge in [0.15, 0.2) is 0 Å². The van der Waals surface area contributed by atoms with Crippen LogP contribution in [0.4, 0.5) is 0 Å². The zero-order valence-corrected chi connectivity index (χ0v) is 13.3. The van der Waals surface area contributed by atoms with Gasteiger partial charge in [-0.25, -0.2) is 0 Å². The molecule has 0 amide bonds. The first-order valence-electron chi connectivity index (χ1n) is 5.85. The van der Waals surface area contributed by atoms with Crippen molar-refractivity contribution in [2.24, 2.45) is 0 Å². The van der Waals surface area contributed by atoms with E-state index in [1.54, 1.807) is 0 Å². The first kappa shape index (κ1) is 13.6. The molecule has 2 aromatic carbocycles. The van der Waals surface area contributed by atoms with Gasteiger partial charge < -0.3 is 0 Å². The Bertz CT molecular complexity index is 527. The van der Waals surface area contributed by atoms with E-state index in [-0.39, 0.29) is 0 Å². The number of benzene rings is 2. The van der Waals surface area contributed by atoms with E-state index in [0.29, 0.717) is 5.92 Å². The van der Waals surface area contributed by atoms with E-state index in [9.17, 15) is 0 Å². The fraction of sp³-hybridized carbons (Fsp3) is 0.125. The zero-order valence-electron chi connectivity index (χ0n) is 10.1. The molecule has 0 N–H and O–H groups in total. The lowest BCUT2D eigenvalue weighted by atomic mass is 10.00. The molecular formula is C16H14Br2. The lowest BCUT2D eigenvalue weighted by Gasteiger charge is -2.08. The molecule has 0 aliphatic heterocycles. The van der Waals surface area contributed by atoms with Crippen LogP contribution in [-0.2, 0) is 0 Å². The molecule has 0 aliphatic carbocycles. The Morgan fingerprint density at radius 2 is 1.61 bits per heavy atom.